The molecule has 2 aromatic carbocycles. The van der Waals surface area contributed by atoms with Gasteiger partial charge in [-0.15, -0.1) is 0 Å². The predicted molar refractivity (Wildman–Crippen MR) is 181 cm³/mol. The molecule has 0 unspecified atom stereocenters. The van der Waals surface area contributed by atoms with E-state index in [2.05, 4.69) is 45.7 Å². The molecule has 0 atom stereocenters. The van der Waals surface area contributed by atoms with E-state index in [1.165, 1.54) is 12.1 Å². The van der Waals surface area contributed by atoms with Gasteiger partial charge in [0.15, 0.2) is 5.71 Å². The molecule has 2 aromatic rings. The van der Waals surface area contributed by atoms with E-state index >= 15 is 0 Å². The largest absolute Gasteiger partial charge is 0.691 e. The number of likely N-dealkylation sites (N-methyl/N-ethyl adjacent to an activating group) is 1. The Morgan fingerprint density at radius 3 is 2.38 bits per heavy atom. The molecule has 2 heterocycles. The summed E-state index contributed by atoms with van der Waals surface area (Å²) in [6.07, 6.45) is 16.1. The van der Waals surface area contributed by atoms with Crippen molar-refractivity contribution < 1.29 is 42.1 Å². The number of carboxylic acids is 1. The van der Waals surface area contributed by atoms with Crippen molar-refractivity contribution in [3.8, 4) is 0 Å². The first kappa shape index (κ1) is 36.3. The third kappa shape index (κ3) is 8.14. The zero-order chi connectivity index (χ0) is 34.4. The van der Waals surface area contributed by atoms with Gasteiger partial charge in [0.1, 0.15) is 6.54 Å². The summed E-state index contributed by atoms with van der Waals surface area (Å²) in [4.78, 5) is 13.8. The smallest absolute Gasteiger partial charge is 0.303 e. The van der Waals surface area contributed by atoms with Crippen LogP contribution in [0.3, 0.4) is 0 Å². The second kappa shape index (κ2) is 15.1. The minimum absolute atomic E-state index is 0.126. The average molecular weight is 683 g/mol. The Hall–Kier alpha value is -3.52. The van der Waals surface area contributed by atoms with Crippen molar-refractivity contribution in [2.45, 2.75) is 80.9 Å². The van der Waals surface area contributed by atoms with Crippen LogP contribution in [0.2, 0.25) is 0 Å². The standard InChI is InChI=1S/C35H42N2O8S2/c1-6-36-29-20-18-25(46-45-44-40)23-27(29)34(2,3)31(36)15-11-8-7-9-12-16-32-35(4,5)28-24-26(47(41,42)43)19-21-30(28)37(32)22-14-10-13-17-33(38)39/h7-9,11-12,15-16,18-21,23-24H,6,10,13-14,17,22H2,1-5H3,(H2-,38,39,40,41,42,43). The number of anilines is 1. The number of rotatable bonds is 15. The molecule has 2 aliphatic heterocycles. The maximum atomic E-state index is 11.9. The van der Waals surface area contributed by atoms with E-state index in [0.29, 0.717) is 13.0 Å². The lowest BCUT2D eigenvalue weighted by Crippen LogP contribution is -2.28. The van der Waals surface area contributed by atoms with Crippen LogP contribution in [0.1, 0.15) is 71.4 Å². The number of carbonyl (C=O) groups is 1. The first-order valence-electron chi connectivity index (χ1n) is 15.5. The second-order valence-electron chi connectivity index (χ2n) is 12.5. The molecule has 47 heavy (non-hydrogen) atoms. The zero-order valence-corrected chi connectivity index (χ0v) is 28.9. The molecule has 0 amide bonds. The summed E-state index contributed by atoms with van der Waals surface area (Å²) < 4.78 is 40.1. The number of allylic oxidation sites excluding steroid dienone is 8. The van der Waals surface area contributed by atoms with Crippen LogP contribution < -0.4 is 10.2 Å². The fraction of sp³-hybridized carbons (Fsp3) is 0.371. The number of hydrogen-bond donors (Lipinski definition) is 2. The molecule has 0 spiro atoms. The van der Waals surface area contributed by atoms with E-state index in [4.69, 9.17) is 5.11 Å². The maximum absolute atomic E-state index is 11.9. The fourth-order valence-corrected chi connectivity index (χ4v) is 7.27. The van der Waals surface area contributed by atoms with Gasteiger partial charge in [0.2, 0.25) is 5.69 Å². The van der Waals surface area contributed by atoms with Crippen molar-refractivity contribution in [2.75, 3.05) is 18.0 Å². The van der Waals surface area contributed by atoms with Crippen molar-refractivity contribution in [3.05, 3.63) is 95.8 Å². The summed E-state index contributed by atoms with van der Waals surface area (Å²) in [6.45, 7) is 11.9. The van der Waals surface area contributed by atoms with Crippen molar-refractivity contribution >= 4 is 45.2 Å². The number of carboxylic acid groups (broad SMARTS) is 1. The number of nitrogens with zero attached hydrogens (tertiary/aromatic N) is 2. The molecule has 252 valence electrons. The Bertz CT molecular complexity index is 1750. The van der Waals surface area contributed by atoms with Gasteiger partial charge < -0.3 is 15.3 Å². The lowest BCUT2D eigenvalue weighted by Gasteiger charge is -2.25. The summed E-state index contributed by atoms with van der Waals surface area (Å²) >= 11 is 0.879. The van der Waals surface area contributed by atoms with Crippen LogP contribution >= 0.6 is 12.0 Å². The summed E-state index contributed by atoms with van der Waals surface area (Å²) in [5.74, 6) is -0.810. The van der Waals surface area contributed by atoms with E-state index in [0.717, 1.165) is 70.2 Å². The van der Waals surface area contributed by atoms with Crippen molar-refractivity contribution in [3.63, 3.8) is 0 Å². The third-order valence-electron chi connectivity index (χ3n) is 8.72. The molecule has 0 aliphatic carbocycles. The molecule has 12 heteroatoms. The molecular weight excluding hydrogens is 641 g/mol. The minimum atomic E-state index is -4.36. The highest BCUT2D eigenvalue weighted by Gasteiger charge is 2.45. The molecule has 0 saturated carbocycles. The van der Waals surface area contributed by atoms with Gasteiger partial charge >= 0.3 is 5.97 Å². The third-order valence-corrected chi connectivity index (χ3v) is 10.1. The monoisotopic (exact) mass is 682 g/mol. The van der Waals surface area contributed by atoms with Crippen LogP contribution in [-0.2, 0) is 35.1 Å². The average Bonchev–Trinajstić information content (AvgIpc) is 3.36. The number of fused-ring (bicyclic) bond motifs is 2. The van der Waals surface area contributed by atoms with Gasteiger partial charge in [0.25, 0.3) is 10.1 Å². The van der Waals surface area contributed by atoms with E-state index in [1.807, 2.05) is 68.5 Å². The van der Waals surface area contributed by atoms with Crippen LogP contribution in [-0.4, -0.2) is 47.4 Å². The summed E-state index contributed by atoms with van der Waals surface area (Å²) in [5, 5.41) is 22.8. The highest BCUT2D eigenvalue weighted by atomic mass is 32.2. The lowest BCUT2D eigenvalue weighted by atomic mass is 9.81. The SMILES string of the molecule is CCN1/C(=C/C=C/C=C/C=C/C2=[N+](CCCCCC(=O)O)c3ccc(S(=O)(=O)O)cc3C2(C)C)C(C)(C)c2cc(SOO[O-])ccc21. The first-order valence-corrected chi connectivity index (χ1v) is 17.7. The molecule has 0 aromatic heterocycles. The molecule has 4 rings (SSSR count). The van der Waals surface area contributed by atoms with Crippen LogP contribution in [0.25, 0.3) is 0 Å². The molecule has 10 nitrogen and oxygen atoms in total. The molecule has 2 aliphatic rings. The Balaban J connectivity index is 1.54. The van der Waals surface area contributed by atoms with Crippen LogP contribution in [0.4, 0.5) is 11.4 Å². The van der Waals surface area contributed by atoms with Crippen LogP contribution in [0, 0.1) is 0 Å². The van der Waals surface area contributed by atoms with Gasteiger partial charge in [-0.05, 0) is 75.6 Å². The first-order chi connectivity index (χ1) is 22.2. The molecule has 2 N–H and O–H groups in total. The summed E-state index contributed by atoms with van der Waals surface area (Å²) in [7, 11) is -4.36. The van der Waals surface area contributed by atoms with E-state index in [1.54, 1.807) is 6.07 Å². The highest BCUT2D eigenvalue weighted by molar-refractivity contribution is 7.94. The molecule has 0 radical (unpaired) electrons. The highest BCUT2D eigenvalue weighted by Crippen LogP contribution is 2.48. The van der Waals surface area contributed by atoms with Crippen LogP contribution in [0.15, 0.2) is 94.4 Å². The van der Waals surface area contributed by atoms with Gasteiger partial charge in [0.05, 0.1) is 22.4 Å². The van der Waals surface area contributed by atoms with Crippen molar-refractivity contribution in [1.82, 2.24) is 0 Å². The topological polar surface area (TPSA) is 139 Å². The lowest BCUT2D eigenvalue weighted by molar-refractivity contribution is -0.777. The minimum Gasteiger partial charge on any atom is -0.691 e. The van der Waals surface area contributed by atoms with Gasteiger partial charge in [-0.2, -0.15) is 17.3 Å². The van der Waals surface area contributed by atoms with Gasteiger partial charge in [-0.3, -0.25) is 14.4 Å². The normalized spacial score (nSPS) is 17.9. The summed E-state index contributed by atoms with van der Waals surface area (Å²) in [6, 6.07) is 10.6. The maximum Gasteiger partial charge on any atom is 0.303 e. The number of hydrogen-bond acceptors (Lipinski definition) is 8. The van der Waals surface area contributed by atoms with Gasteiger partial charge in [-0.1, -0.05) is 44.2 Å². The Morgan fingerprint density at radius 1 is 0.979 bits per heavy atom. The number of benzene rings is 2. The summed E-state index contributed by atoms with van der Waals surface area (Å²) in [5.41, 5.74) is 5.20. The van der Waals surface area contributed by atoms with Crippen molar-refractivity contribution in [2.24, 2.45) is 0 Å². The van der Waals surface area contributed by atoms with E-state index in [-0.39, 0.29) is 16.7 Å². The number of aliphatic carboxylic acids is 1. The zero-order valence-electron chi connectivity index (χ0n) is 27.3. The molecule has 0 fully saturated rings. The predicted octanol–water partition coefficient (Wildman–Crippen LogP) is 6.56. The van der Waals surface area contributed by atoms with Crippen molar-refractivity contribution in [1.29, 1.82) is 0 Å². The number of unbranched alkanes of at least 4 members (excludes halogenated alkanes) is 2. The molecular formula is C35H42N2O8S2. The molecule has 0 bridgehead atoms. The molecule has 0 saturated heterocycles. The quantitative estimate of drug-likeness (QED) is 0.0404. The van der Waals surface area contributed by atoms with E-state index < -0.39 is 21.5 Å². The second-order valence-corrected chi connectivity index (χ2v) is 14.7. The van der Waals surface area contributed by atoms with Gasteiger partial charge in [-0.25, -0.2) is 0 Å². The van der Waals surface area contributed by atoms with Gasteiger partial charge in [0, 0.05) is 58.8 Å². The Labute approximate surface area is 281 Å². The van der Waals surface area contributed by atoms with E-state index in [9.17, 15) is 23.0 Å². The Kier molecular flexibility index (Phi) is 11.7. The van der Waals surface area contributed by atoms with Crippen LogP contribution in [0.5, 0.6) is 0 Å². The Morgan fingerprint density at radius 2 is 1.70 bits per heavy atom. The fourth-order valence-electron chi connectivity index (χ4n) is 6.36.